The van der Waals surface area contributed by atoms with Crippen molar-refractivity contribution in [3.63, 3.8) is 0 Å². The molecule has 2 aromatic heterocycles. The van der Waals surface area contributed by atoms with Gasteiger partial charge in [0.15, 0.2) is 0 Å². The number of nitrogen functional groups attached to an aromatic ring is 1. The fourth-order valence-electron chi connectivity index (χ4n) is 2.91. The molecule has 3 heterocycles. The summed E-state index contributed by atoms with van der Waals surface area (Å²) in [6.45, 7) is 3.28. The summed E-state index contributed by atoms with van der Waals surface area (Å²) in [5.74, 6) is 4.38. The van der Waals surface area contributed by atoms with Crippen molar-refractivity contribution in [2.24, 2.45) is 0 Å². The zero-order chi connectivity index (χ0) is 17.9. The van der Waals surface area contributed by atoms with Gasteiger partial charge >= 0.3 is 0 Å². The van der Waals surface area contributed by atoms with Crippen molar-refractivity contribution in [2.75, 3.05) is 18.9 Å². The lowest BCUT2D eigenvalue weighted by Gasteiger charge is -2.19. The van der Waals surface area contributed by atoms with Gasteiger partial charge in [0.25, 0.3) is 0 Å². The quantitative estimate of drug-likeness (QED) is 0.701. The van der Waals surface area contributed by atoms with Crippen LogP contribution in [0.2, 0.25) is 0 Å². The van der Waals surface area contributed by atoms with Crippen molar-refractivity contribution >= 4 is 17.0 Å². The summed E-state index contributed by atoms with van der Waals surface area (Å²) in [4.78, 5) is 16.7. The van der Waals surface area contributed by atoms with Gasteiger partial charge in [-0.1, -0.05) is 0 Å². The van der Waals surface area contributed by atoms with Gasteiger partial charge < -0.3 is 15.2 Å². The van der Waals surface area contributed by atoms with Crippen LogP contribution >= 0.6 is 0 Å². The molecule has 1 unspecified atom stereocenters. The first-order valence-electron chi connectivity index (χ1n) is 8.39. The van der Waals surface area contributed by atoms with Gasteiger partial charge in [-0.05, 0) is 43.9 Å². The summed E-state index contributed by atoms with van der Waals surface area (Å²) in [6.07, 6.45) is 6.19. The lowest BCUT2D eigenvalue weighted by molar-refractivity contribution is -0.00568. The van der Waals surface area contributed by atoms with E-state index < -0.39 is 0 Å². The SMILES string of the molecule is Cc1nc2ccc(C#COC3CCCOC3)cc2n1-c1ncnc(N)n1. The molecule has 1 aromatic carbocycles. The lowest BCUT2D eigenvalue weighted by Crippen LogP contribution is -2.23. The Morgan fingerprint density at radius 3 is 3.04 bits per heavy atom. The maximum absolute atomic E-state index is 5.68. The summed E-state index contributed by atoms with van der Waals surface area (Å²) in [5.41, 5.74) is 8.17. The largest absolute Gasteiger partial charge is 0.441 e. The maximum Gasteiger partial charge on any atom is 0.240 e. The van der Waals surface area contributed by atoms with Crippen LogP contribution in [0.5, 0.6) is 0 Å². The molecule has 1 atom stereocenters. The van der Waals surface area contributed by atoms with Gasteiger partial charge in [0.2, 0.25) is 11.9 Å². The Bertz CT molecular complexity index is 998. The third-order valence-corrected chi connectivity index (χ3v) is 4.14. The van der Waals surface area contributed by atoms with Crippen LogP contribution in [0.4, 0.5) is 5.95 Å². The average Bonchev–Trinajstić information content (AvgIpc) is 2.98. The molecular formula is C18H18N6O2. The number of benzene rings is 1. The molecule has 1 aliphatic heterocycles. The summed E-state index contributed by atoms with van der Waals surface area (Å²) in [7, 11) is 0. The van der Waals surface area contributed by atoms with E-state index in [1.165, 1.54) is 6.33 Å². The molecule has 8 nitrogen and oxygen atoms in total. The number of hydrogen-bond acceptors (Lipinski definition) is 7. The van der Waals surface area contributed by atoms with E-state index in [-0.39, 0.29) is 12.1 Å². The van der Waals surface area contributed by atoms with Gasteiger partial charge in [0.1, 0.15) is 24.4 Å². The molecule has 0 radical (unpaired) electrons. The molecule has 132 valence electrons. The first-order valence-corrected chi connectivity index (χ1v) is 8.39. The first kappa shape index (κ1) is 16.3. The highest BCUT2D eigenvalue weighted by Gasteiger charge is 2.14. The molecule has 8 heteroatoms. The van der Waals surface area contributed by atoms with Gasteiger partial charge in [-0.2, -0.15) is 4.98 Å². The molecule has 0 bridgehead atoms. The van der Waals surface area contributed by atoms with Crippen molar-refractivity contribution < 1.29 is 9.47 Å². The van der Waals surface area contributed by atoms with E-state index in [0.717, 1.165) is 41.9 Å². The summed E-state index contributed by atoms with van der Waals surface area (Å²) >= 11 is 0. The highest BCUT2D eigenvalue weighted by Crippen LogP contribution is 2.20. The number of rotatable bonds is 2. The van der Waals surface area contributed by atoms with E-state index >= 15 is 0 Å². The van der Waals surface area contributed by atoms with Crippen LogP contribution in [0.15, 0.2) is 24.5 Å². The molecule has 0 aliphatic carbocycles. The van der Waals surface area contributed by atoms with E-state index in [0.29, 0.717) is 12.6 Å². The predicted molar refractivity (Wildman–Crippen MR) is 95.4 cm³/mol. The second-order valence-electron chi connectivity index (χ2n) is 6.03. The number of nitrogens with zero attached hydrogens (tertiary/aromatic N) is 5. The standard InChI is InChI=1S/C18H18N6O2/c1-12-22-15-5-4-13(6-8-26-14-3-2-7-25-10-14)9-16(15)24(12)18-21-11-20-17(19)23-18/h4-5,9,11,14H,2-3,7,10H2,1H3,(H2,19,20,21,23). The number of aryl methyl sites for hydroxylation is 1. The Morgan fingerprint density at radius 2 is 2.23 bits per heavy atom. The van der Waals surface area contributed by atoms with Crippen LogP contribution in [0.3, 0.4) is 0 Å². The summed E-state index contributed by atoms with van der Waals surface area (Å²) < 4.78 is 12.8. The molecule has 2 N–H and O–H groups in total. The number of hydrogen-bond donors (Lipinski definition) is 1. The minimum absolute atomic E-state index is 0.0425. The molecule has 4 rings (SSSR count). The van der Waals surface area contributed by atoms with E-state index in [2.05, 4.69) is 32.0 Å². The number of anilines is 1. The topological polar surface area (TPSA) is 101 Å². The minimum Gasteiger partial charge on any atom is -0.441 e. The van der Waals surface area contributed by atoms with Crippen LogP contribution in [0, 0.1) is 19.0 Å². The Labute approximate surface area is 150 Å². The van der Waals surface area contributed by atoms with E-state index in [1.807, 2.05) is 29.7 Å². The average molecular weight is 350 g/mol. The monoisotopic (exact) mass is 350 g/mol. The van der Waals surface area contributed by atoms with E-state index in [9.17, 15) is 0 Å². The molecule has 0 amide bonds. The molecule has 0 saturated carbocycles. The predicted octanol–water partition coefficient (Wildman–Crippen LogP) is 1.61. The number of aromatic nitrogens is 5. The van der Waals surface area contributed by atoms with Gasteiger partial charge in [-0.15, -0.1) is 0 Å². The molecule has 0 spiro atoms. The zero-order valence-corrected chi connectivity index (χ0v) is 14.3. The Morgan fingerprint density at radius 1 is 1.31 bits per heavy atom. The summed E-state index contributed by atoms with van der Waals surface area (Å²) in [5, 5.41) is 0. The molecule has 26 heavy (non-hydrogen) atoms. The Kier molecular flexibility index (Phi) is 4.37. The number of imidazole rings is 1. The minimum atomic E-state index is 0.0425. The third-order valence-electron chi connectivity index (χ3n) is 4.14. The van der Waals surface area contributed by atoms with Crippen molar-refractivity contribution in [2.45, 2.75) is 25.9 Å². The molecule has 1 saturated heterocycles. The van der Waals surface area contributed by atoms with Crippen molar-refractivity contribution in [1.82, 2.24) is 24.5 Å². The maximum atomic E-state index is 5.68. The van der Waals surface area contributed by atoms with Crippen LogP contribution in [0.1, 0.15) is 24.2 Å². The van der Waals surface area contributed by atoms with Crippen LogP contribution in [-0.4, -0.2) is 43.8 Å². The highest BCUT2D eigenvalue weighted by molar-refractivity contribution is 5.79. The van der Waals surface area contributed by atoms with E-state index in [1.54, 1.807) is 0 Å². The number of ether oxygens (including phenoxy) is 2. The zero-order valence-electron chi connectivity index (χ0n) is 14.3. The third kappa shape index (κ3) is 3.30. The second kappa shape index (κ2) is 6.98. The van der Waals surface area contributed by atoms with E-state index in [4.69, 9.17) is 15.2 Å². The Hall–Kier alpha value is -3.18. The smallest absolute Gasteiger partial charge is 0.240 e. The van der Waals surface area contributed by atoms with Gasteiger partial charge in [-0.25, -0.2) is 15.0 Å². The first-order chi connectivity index (χ1) is 12.7. The molecular weight excluding hydrogens is 332 g/mol. The Balaban J connectivity index is 1.65. The van der Waals surface area contributed by atoms with Crippen LogP contribution in [0.25, 0.3) is 17.0 Å². The van der Waals surface area contributed by atoms with Crippen molar-refractivity contribution in [3.8, 4) is 18.0 Å². The van der Waals surface area contributed by atoms with Crippen molar-refractivity contribution in [1.29, 1.82) is 0 Å². The fourth-order valence-corrected chi connectivity index (χ4v) is 2.91. The number of nitrogens with two attached hydrogens (primary N) is 1. The molecule has 3 aromatic rings. The highest BCUT2D eigenvalue weighted by atomic mass is 16.5. The molecule has 1 aliphatic rings. The van der Waals surface area contributed by atoms with Crippen LogP contribution in [-0.2, 0) is 9.47 Å². The van der Waals surface area contributed by atoms with Crippen molar-refractivity contribution in [3.05, 3.63) is 35.9 Å². The van der Waals surface area contributed by atoms with Gasteiger partial charge in [-0.3, -0.25) is 4.57 Å². The normalized spacial score (nSPS) is 16.9. The fraction of sp³-hybridized carbons (Fsp3) is 0.333. The van der Waals surface area contributed by atoms with Gasteiger partial charge in [0, 0.05) is 12.2 Å². The summed E-state index contributed by atoms with van der Waals surface area (Å²) in [6, 6.07) is 5.76. The van der Waals surface area contributed by atoms with Gasteiger partial charge in [0.05, 0.1) is 17.6 Å². The number of fused-ring (bicyclic) bond motifs is 1. The molecule has 1 fully saturated rings. The lowest BCUT2D eigenvalue weighted by atomic mass is 10.2. The second-order valence-corrected chi connectivity index (χ2v) is 6.03. The van der Waals surface area contributed by atoms with Crippen LogP contribution < -0.4 is 5.73 Å².